The highest BCUT2D eigenvalue weighted by Crippen LogP contribution is 2.23. The van der Waals surface area contributed by atoms with Crippen molar-refractivity contribution in [3.05, 3.63) is 50.2 Å². The normalized spacial score (nSPS) is 15.6. The van der Waals surface area contributed by atoms with E-state index in [1.54, 1.807) is 16.9 Å². The third-order valence-electron chi connectivity index (χ3n) is 4.46. The fraction of sp³-hybridized carbons (Fsp3) is 0.412. The topological polar surface area (TPSA) is 41.4 Å². The average Bonchev–Trinajstić information content (AvgIpc) is 2.90. The SMILES string of the molecule is Cc1c(Br)cnn1CC(=O)N1CCN(Cc2ccc(Cl)cc2Cl)CC1. The molecule has 25 heavy (non-hydrogen) atoms. The molecular formula is C17H19BrCl2N4O. The van der Waals surface area contributed by atoms with Crippen LogP contribution in [0.4, 0.5) is 0 Å². The highest BCUT2D eigenvalue weighted by molar-refractivity contribution is 9.10. The third-order valence-corrected chi connectivity index (χ3v) is 5.83. The molecule has 0 bridgehead atoms. The second kappa shape index (κ2) is 8.08. The Bertz CT molecular complexity index is 772. The quantitative estimate of drug-likeness (QED) is 0.721. The van der Waals surface area contributed by atoms with Crippen molar-refractivity contribution in [2.45, 2.75) is 20.0 Å². The van der Waals surface area contributed by atoms with Gasteiger partial charge < -0.3 is 4.90 Å². The lowest BCUT2D eigenvalue weighted by Gasteiger charge is -2.35. The smallest absolute Gasteiger partial charge is 0.244 e. The largest absolute Gasteiger partial charge is 0.339 e. The number of piperazine rings is 1. The van der Waals surface area contributed by atoms with Gasteiger partial charge in [-0.1, -0.05) is 29.3 Å². The van der Waals surface area contributed by atoms with E-state index in [1.807, 2.05) is 24.0 Å². The van der Waals surface area contributed by atoms with E-state index in [1.165, 1.54) is 0 Å². The Balaban J connectivity index is 1.53. The Morgan fingerprint density at radius 3 is 2.56 bits per heavy atom. The maximum Gasteiger partial charge on any atom is 0.244 e. The number of benzene rings is 1. The molecule has 134 valence electrons. The van der Waals surface area contributed by atoms with E-state index >= 15 is 0 Å². The minimum atomic E-state index is 0.0999. The van der Waals surface area contributed by atoms with E-state index in [2.05, 4.69) is 25.9 Å². The Morgan fingerprint density at radius 2 is 1.96 bits per heavy atom. The monoisotopic (exact) mass is 444 g/mol. The van der Waals surface area contributed by atoms with Gasteiger partial charge in [-0.15, -0.1) is 0 Å². The first kappa shape index (κ1) is 18.7. The van der Waals surface area contributed by atoms with Gasteiger partial charge in [0.15, 0.2) is 0 Å². The van der Waals surface area contributed by atoms with Crippen LogP contribution in [0.15, 0.2) is 28.9 Å². The fourth-order valence-electron chi connectivity index (χ4n) is 2.86. The Morgan fingerprint density at radius 1 is 1.24 bits per heavy atom. The second-order valence-corrected chi connectivity index (χ2v) is 7.83. The van der Waals surface area contributed by atoms with Gasteiger partial charge in [0.1, 0.15) is 6.54 Å². The second-order valence-electron chi connectivity index (χ2n) is 6.13. The molecule has 1 amide bonds. The molecule has 0 aliphatic carbocycles. The van der Waals surface area contributed by atoms with Crippen LogP contribution in [0.2, 0.25) is 10.0 Å². The summed E-state index contributed by atoms with van der Waals surface area (Å²) in [6.07, 6.45) is 1.72. The molecule has 0 atom stereocenters. The molecule has 5 nitrogen and oxygen atoms in total. The van der Waals surface area contributed by atoms with Crippen molar-refractivity contribution >= 4 is 45.0 Å². The number of aromatic nitrogens is 2. The van der Waals surface area contributed by atoms with Crippen LogP contribution in [-0.4, -0.2) is 51.7 Å². The lowest BCUT2D eigenvalue weighted by atomic mass is 10.2. The molecule has 0 N–H and O–H groups in total. The number of hydrogen-bond acceptors (Lipinski definition) is 3. The van der Waals surface area contributed by atoms with E-state index < -0.39 is 0 Å². The van der Waals surface area contributed by atoms with Crippen molar-refractivity contribution in [2.24, 2.45) is 0 Å². The predicted molar refractivity (Wildman–Crippen MR) is 103 cm³/mol. The number of carbonyl (C=O) groups excluding carboxylic acids is 1. The summed E-state index contributed by atoms with van der Waals surface area (Å²) in [6.45, 7) is 6.07. The van der Waals surface area contributed by atoms with Gasteiger partial charge in [-0.25, -0.2) is 0 Å². The highest BCUT2D eigenvalue weighted by atomic mass is 79.9. The third kappa shape index (κ3) is 4.56. The summed E-state index contributed by atoms with van der Waals surface area (Å²) in [5.74, 6) is 0.0999. The standard InChI is InChI=1S/C17H19BrCl2N4O/c1-12-15(18)9-21-24(12)11-17(25)23-6-4-22(5-7-23)10-13-2-3-14(19)8-16(13)20/h2-3,8-9H,4-7,10-11H2,1H3. The van der Waals surface area contributed by atoms with Gasteiger partial charge >= 0.3 is 0 Å². The molecule has 1 aromatic carbocycles. The molecule has 0 saturated carbocycles. The summed E-state index contributed by atoms with van der Waals surface area (Å²) < 4.78 is 2.65. The van der Waals surface area contributed by atoms with Crippen molar-refractivity contribution in [2.75, 3.05) is 26.2 Å². The lowest BCUT2D eigenvalue weighted by molar-refractivity contribution is -0.133. The first-order chi connectivity index (χ1) is 11.9. The maximum atomic E-state index is 12.5. The van der Waals surface area contributed by atoms with Crippen molar-refractivity contribution in [3.8, 4) is 0 Å². The van der Waals surface area contributed by atoms with Gasteiger partial charge in [0, 0.05) is 42.8 Å². The number of halogens is 3. The minimum absolute atomic E-state index is 0.0999. The van der Waals surface area contributed by atoms with Gasteiger partial charge in [0.25, 0.3) is 0 Å². The molecule has 8 heteroatoms. The Labute approximate surface area is 165 Å². The van der Waals surface area contributed by atoms with E-state index in [0.717, 1.165) is 35.4 Å². The van der Waals surface area contributed by atoms with E-state index in [0.29, 0.717) is 23.1 Å². The van der Waals surface area contributed by atoms with Crippen LogP contribution < -0.4 is 0 Å². The highest BCUT2D eigenvalue weighted by Gasteiger charge is 2.22. The fourth-order valence-corrected chi connectivity index (χ4v) is 3.62. The Hall–Kier alpha value is -1.08. The van der Waals surface area contributed by atoms with E-state index in [-0.39, 0.29) is 12.5 Å². The molecule has 0 radical (unpaired) electrons. The molecule has 1 saturated heterocycles. The summed E-state index contributed by atoms with van der Waals surface area (Å²) in [5.41, 5.74) is 2.02. The first-order valence-electron chi connectivity index (χ1n) is 8.06. The molecule has 3 rings (SSSR count). The molecule has 2 aromatic rings. The van der Waals surface area contributed by atoms with Crippen molar-refractivity contribution in [1.82, 2.24) is 19.6 Å². The van der Waals surface area contributed by atoms with Gasteiger partial charge in [0.2, 0.25) is 5.91 Å². The summed E-state index contributed by atoms with van der Waals surface area (Å²) in [5, 5.41) is 5.55. The summed E-state index contributed by atoms with van der Waals surface area (Å²) >= 11 is 15.6. The van der Waals surface area contributed by atoms with Crippen LogP contribution in [0.3, 0.4) is 0 Å². The van der Waals surface area contributed by atoms with Gasteiger partial charge in [0.05, 0.1) is 16.4 Å². The molecular weight excluding hydrogens is 427 g/mol. The average molecular weight is 446 g/mol. The molecule has 1 aliphatic rings. The molecule has 1 fully saturated rings. The molecule has 0 spiro atoms. The number of carbonyl (C=O) groups is 1. The zero-order valence-electron chi connectivity index (χ0n) is 13.9. The number of rotatable bonds is 4. The predicted octanol–water partition coefficient (Wildman–Crippen LogP) is 3.61. The number of hydrogen-bond donors (Lipinski definition) is 0. The zero-order chi connectivity index (χ0) is 18.0. The Kier molecular flexibility index (Phi) is 6.04. The lowest BCUT2D eigenvalue weighted by Crippen LogP contribution is -2.49. The van der Waals surface area contributed by atoms with E-state index in [4.69, 9.17) is 23.2 Å². The first-order valence-corrected chi connectivity index (χ1v) is 9.61. The van der Waals surface area contributed by atoms with Crippen LogP contribution in [0, 0.1) is 6.92 Å². The molecule has 2 heterocycles. The number of amides is 1. The summed E-state index contributed by atoms with van der Waals surface area (Å²) in [4.78, 5) is 16.7. The zero-order valence-corrected chi connectivity index (χ0v) is 17.0. The summed E-state index contributed by atoms with van der Waals surface area (Å²) in [7, 11) is 0. The van der Waals surface area contributed by atoms with Crippen molar-refractivity contribution in [3.63, 3.8) is 0 Å². The van der Waals surface area contributed by atoms with Crippen LogP contribution >= 0.6 is 39.1 Å². The summed E-state index contributed by atoms with van der Waals surface area (Å²) in [6, 6.07) is 5.58. The van der Waals surface area contributed by atoms with Gasteiger partial charge in [-0.2, -0.15) is 5.10 Å². The van der Waals surface area contributed by atoms with Gasteiger partial charge in [-0.05, 0) is 40.5 Å². The molecule has 0 unspecified atom stereocenters. The van der Waals surface area contributed by atoms with Crippen LogP contribution in [-0.2, 0) is 17.9 Å². The molecule has 1 aliphatic heterocycles. The van der Waals surface area contributed by atoms with Crippen LogP contribution in [0.1, 0.15) is 11.3 Å². The van der Waals surface area contributed by atoms with Crippen molar-refractivity contribution < 1.29 is 4.79 Å². The van der Waals surface area contributed by atoms with Gasteiger partial charge in [-0.3, -0.25) is 14.4 Å². The maximum absolute atomic E-state index is 12.5. The van der Waals surface area contributed by atoms with Crippen LogP contribution in [0.25, 0.3) is 0 Å². The minimum Gasteiger partial charge on any atom is -0.339 e. The molecule has 1 aromatic heterocycles. The van der Waals surface area contributed by atoms with E-state index in [9.17, 15) is 4.79 Å². The van der Waals surface area contributed by atoms with Crippen molar-refractivity contribution in [1.29, 1.82) is 0 Å². The van der Waals surface area contributed by atoms with Crippen LogP contribution in [0.5, 0.6) is 0 Å². The number of nitrogens with zero attached hydrogens (tertiary/aromatic N) is 4.